The highest BCUT2D eigenvalue weighted by Crippen LogP contribution is 2.36. The van der Waals surface area contributed by atoms with Crippen molar-refractivity contribution in [2.45, 2.75) is 38.5 Å². The van der Waals surface area contributed by atoms with E-state index in [1.165, 1.54) is 29.5 Å². The van der Waals surface area contributed by atoms with E-state index >= 15 is 0 Å². The van der Waals surface area contributed by atoms with Crippen LogP contribution in [0, 0.1) is 18.3 Å². The number of rotatable bonds is 3. The first-order chi connectivity index (χ1) is 11.3. The number of aryl methyl sites for hydroxylation is 2. The zero-order valence-corrected chi connectivity index (χ0v) is 13.3. The summed E-state index contributed by atoms with van der Waals surface area (Å²) in [4.78, 5) is 4.74. The van der Waals surface area contributed by atoms with Crippen LogP contribution >= 0.6 is 0 Å². The number of hydrogen-bond donors (Lipinski definition) is 0. The zero-order chi connectivity index (χ0) is 15.8. The molecule has 2 aromatic heterocycles. The monoisotopic (exact) mass is 301 g/mol. The minimum atomic E-state index is 0.405. The molecule has 4 rings (SSSR count). The largest absolute Gasteiger partial charge is 0.303 e. The summed E-state index contributed by atoms with van der Waals surface area (Å²) in [7, 11) is 0. The summed E-state index contributed by atoms with van der Waals surface area (Å²) >= 11 is 0. The van der Waals surface area contributed by atoms with Gasteiger partial charge in [0.05, 0.1) is 23.9 Å². The van der Waals surface area contributed by atoms with Gasteiger partial charge >= 0.3 is 0 Å². The van der Waals surface area contributed by atoms with Crippen LogP contribution in [0.15, 0.2) is 42.6 Å². The standard InChI is InChI=1S/C20H19N3/c1-14-19(10-11-21)23-12-4-6-17(20(23)22-14)13-16-9-8-15-5-2-3-7-18(15)16/h2-7,12,16H,8-10,13H2,1H3. The van der Waals surface area contributed by atoms with Crippen molar-refractivity contribution in [1.29, 1.82) is 5.26 Å². The molecule has 1 atom stereocenters. The number of aromatic nitrogens is 2. The van der Waals surface area contributed by atoms with Gasteiger partial charge in [-0.05, 0) is 54.9 Å². The number of imidazole rings is 1. The van der Waals surface area contributed by atoms with Gasteiger partial charge in [-0.2, -0.15) is 5.26 Å². The molecule has 0 bridgehead atoms. The zero-order valence-electron chi connectivity index (χ0n) is 13.3. The quantitative estimate of drug-likeness (QED) is 0.734. The fraction of sp³-hybridized carbons (Fsp3) is 0.300. The van der Waals surface area contributed by atoms with Crippen LogP contribution in [0.3, 0.4) is 0 Å². The number of hydrogen-bond acceptors (Lipinski definition) is 2. The summed E-state index contributed by atoms with van der Waals surface area (Å²) in [5.41, 5.74) is 7.26. The predicted molar refractivity (Wildman–Crippen MR) is 90.5 cm³/mol. The van der Waals surface area contributed by atoms with Gasteiger partial charge in [0.25, 0.3) is 0 Å². The van der Waals surface area contributed by atoms with Crippen LogP contribution < -0.4 is 0 Å². The third-order valence-corrected chi connectivity index (χ3v) is 5.00. The van der Waals surface area contributed by atoms with E-state index in [0.29, 0.717) is 12.3 Å². The van der Waals surface area contributed by atoms with Crippen molar-refractivity contribution in [3.05, 3.63) is 70.7 Å². The molecule has 0 N–H and O–H groups in total. The number of nitrogens with zero attached hydrogens (tertiary/aromatic N) is 3. The average molecular weight is 301 g/mol. The normalized spacial score (nSPS) is 16.4. The third kappa shape index (κ3) is 2.31. The van der Waals surface area contributed by atoms with E-state index in [1.807, 2.05) is 13.1 Å². The first-order valence-corrected chi connectivity index (χ1v) is 8.18. The van der Waals surface area contributed by atoms with E-state index in [2.05, 4.69) is 46.9 Å². The number of nitriles is 1. The van der Waals surface area contributed by atoms with Gasteiger partial charge in [-0.25, -0.2) is 4.98 Å². The minimum Gasteiger partial charge on any atom is -0.303 e. The van der Waals surface area contributed by atoms with Gasteiger partial charge in [0.2, 0.25) is 0 Å². The molecule has 2 heterocycles. The van der Waals surface area contributed by atoms with Crippen LogP contribution in [0.1, 0.15) is 40.4 Å². The SMILES string of the molecule is Cc1nc2c(CC3CCc4ccccc43)cccn2c1CC#N. The molecular formula is C20H19N3. The first kappa shape index (κ1) is 14.0. The molecule has 3 aromatic rings. The molecule has 0 radical (unpaired) electrons. The van der Waals surface area contributed by atoms with E-state index in [0.717, 1.165) is 23.5 Å². The maximum atomic E-state index is 9.04. The van der Waals surface area contributed by atoms with Crippen LogP contribution in [0.25, 0.3) is 5.65 Å². The molecule has 3 heteroatoms. The van der Waals surface area contributed by atoms with Crippen LogP contribution in [-0.4, -0.2) is 9.38 Å². The topological polar surface area (TPSA) is 41.1 Å². The fourth-order valence-electron chi connectivity index (χ4n) is 3.86. The number of pyridine rings is 1. The van der Waals surface area contributed by atoms with Gasteiger partial charge in [-0.3, -0.25) is 0 Å². The maximum Gasteiger partial charge on any atom is 0.140 e. The van der Waals surface area contributed by atoms with Crippen molar-refractivity contribution in [3.63, 3.8) is 0 Å². The molecule has 0 saturated heterocycles. The lowest BCUT2D eigenvalue weighted by Crippen LogP contribution is -2.02. The lowest BCUT2D eigenvalue weighted by molar-refractivity contribution is 0.675. The lowest BCUT2D eigenvalue weighted by atomic mass is 9.94. The predicted octanol–water partition coefficient (Wildman–Crippen LogP) is 3.98. The van der Waals surface area contributed by atoms with Gasteiger partial charge in [-0.15, -0.1) is 0 Å². The molecule has 1 aliphatic carbocycles. The molecular weight excluding hydrogens is 282 g/mol. The van der Waals surface area contributed by atoms with Crippen molar-refractivity contribution in [1.82, 2.24) is 9.38 Å². The molecule has 114 valence electrons. The van der Waals surface area contributed by atoms with E-state index in [-0.39, 0.29) is 0 Å². The van der Waals surface area contributed by atoms with Crippen molar-refractivity contribution in [2.75, 3.05) is 0 Å². The Balaban J connectivity index is 1.74. The molecule has 0 saturated carbocycles. The second kappa shape index (κ2) is 5.55. The second-order valence-corrected chi connectivity index (χ2v) is 6.34. The molecule has 1 unspecified atom stereocenters. The summed E-state index contributed by atoms with van der Waals surface area (Å²) in [6.07, 6.45) is 5.84. The Bertz CT molecular complexity index is 914. The van der Waals surface area contributed by atoms with E-state index in [1.54, 1.807) is 0 Å². The molecule has 0 aliphatic heterocycles. The summed E-state index contributed by atoms with van der Waals surface area (Å²) in [5.74, 6) is 0.578. The molecule has 1 aliphatic rings. The van der Waals surface area contributed by atoms with Gasteiger partial charge in [0, 0.05) is 6.20 Å². The van der Waals surface area contributed by atoms with Crippen LogP contribution in [0.5, 0.6) is 0 Å². The summed E-state index contributed by atoms with van der Waals surface area (Å²) in [6, 6.07) is 15.3. The Morgan fingerprint density at radius 3 is 3.00 bits per heavy atom. The summed E-state index contributed by atoms with van der Waals surface area (Å²) < 4.78 is 2.09. The molecule has 3 nitrogen and oxygen atoms in total. The lowest BCUT2D eigenvalue weighted by Gasteiger charge is -2.12. The van der Waals surface area contributed by atoms with Gasteiger partial charge in [0.1, 0.15) is 5.65 Å². The highest BCUT2D eigenvalue weighted by molar-refractivity contribution is 5.52. The fourth-order valence-corrected chi connectivity index (χ4v) is 3.86. The summed E-state index contributed by atoms with van der Waals surface area (Å²) in [6.45, 7) is 1.99. The number of fused-ring (bicyclic) bond motifs is 2. The average Bonchev–Trinajstić information content (AvgIpc) is 3.11. The highest BCUT2D eigenvalue weighted by atomic mass is 15.0. The number of benzene rings is 1. The Kier molecular flexibility index (Phi) is 3.38. The molecule has 23 heavy (non-hydrogen) atoms. The van der Waals surface area contributed by atoms with Crippen LogP contribution in [-0.2, 0) is 19.3 Å². The van der Waals surface area contributed by atoms with E-state index < -0.39 is 0 Å². The van der Waals surface area contributed by atoms with Crippen molar-refractivity contribution >= 4 is 5.65 Å². The van der Waals surface area contributed by atoms with Gasteiger partial charge < -0.3 is 4.40 Å². The molecule has 0 spiro atoms. The third-order valence-electron chi connectivity index (χ3n) is 5.00. The van der Waals surface area contributed by atoms with Crippen LogP contribution in [0.4, 0.5) is 0 Å². The minimum absolute atomic E-state index is 0.405. The molecule has 1 aromatic carbocycles. The molecule has 0 amide bonds. The van der Waals surface area contributed by atoms with Crippen LogP contribution in [0.2, 0.25) is 0 Å². The highest BCUT2D eigenvalue weighted by Gasteiger charge is 2.23. The Morgan fingerprint density at radius 1 is 1.26 bits per heavy atom. The second-order valence-electron chi connectivity index (χ2n) is 6.34. The summed E-state index contributed by atoms with van der Waals surface area (Å²) in [5, 5.41) is 9.04. The van der Waals surface area contributed by atoms with Gasteiger partial charge in [0.15, 0.2) is 0 Å². The first-order valence-electron chi connectivity index (χ1n) is 8.18. The van der Waals surface area contributed by atoms with E-state index in [4.69, 9.17) is 10.2 Å². The van der Waals surface area contributed by atoms with Gasteiger partial charge in [-0.1, -0.05) is 30.3 Å². The maximum absolute atomic E-state index is 9.04. The van der Waals surface area contributed by atoms with Crippen molar-refractivity contribution in [3.8, 4) is 6.07 Å². The Morgan fingerprint density at radius 2 is 2.13 bits per heavy atom. The van der Waals surface area contributed by atoms with Crippen molar-refractivity contribution < 1.29 is 0 Å². The molecule has 0 fully saturated rings. The van der Waals surface area contributed by atoms with E-state index in [9.17, 15) is 0 Å². The Hall–Kier alpha value is -2.60. The Labute approximate surface area is 136 Å². The smallest absolute Gasteiger partial charge is 0.140 e. The van der Waals surface area contributed by atoms with Crippen molar-refractivity contribution in [2.24, 2.45) is 0 Å².